The smallest absolute Gasteiger partial charge is 0.261 e. The van der Waals surface area contributed by atoms with Crippen molar-refractivity contribution < 1.29 is 0 Å². The predicted octanol–water partition coefficient (Wildman–Crippen LogP) is 1.40. The van der Waals surface area contributed by atoms with E-state index in [1.54, 1.807) is 15.9 Å². The molecule has 1 atom stereocenters. The molecule has 0 bridgehead atoms. The van der Waals surface area contributed by atoms with Crippen molar-refractivity contribution in [2.75, 3.05) is 6.54 Å². The van der Waals surface area contributed by atoms with Gasteiger partial charge in [-0.05, 0) is 44.8 Å². The molecule has 2 aromatic rings. The standard InChI is InChI=1S/C17H22N4OS/c1-5-18-17-19-11(4)12-9-13(14-7-6-8-23-14)16(22)21(10(2)3)15(12)20-17/h6-10,17-19H,5H2,1-4H3. The number of fused-ring (bicyclic) bond motifs is 1. The van der Waals surface area contributed by atoms with Gasteiger partial charge in [0, 0.05) is 21.8 Å². The Hall–Kier alpha value is -1.92. The summed E-state index contributed by atoms with van der Waals surface area (Å²) in [6, 6.07) is 5.98. The molecule has 0 spiro atoms. The van der Waals surface area contributed by atoms with Crippen molar-refractivity contribution in [2.24, 2.45) is 4.99 Å². The van der Waals surface area contributed by atoms with E-state index in [1.807, 2.05) is 51.3 Å². The van der Waals surface area contributed by atoms with Crippen molar-refractivity contribution in [2.45, 2.75) is 40.0 Å². The Morgan fingerprint density at radius 1 is 1.48 bits per heavy atom. The molecular formula is C17H22N4OS. The van der Waals surface area contributed by atoms with Gasteiger partial charge in [0.05, 0.1) is 5.56 Å². The van der Waals surface area contributed by atoms with E-state index in [4.69, 9.17) is 4.99 Å². The van der Waals surface area contributed by atoms with Gasteiger partial charge in [-0.15, -0.1) is 11.3 Å². The maximum atomic E-state index is 13.0. The van der Waals surface area contributed by atoms with Gasteiger partial charge in [-0.1, -0.05) is 13.0 Å². The Morgan fingerprint density at radius 3 is 2.87 bits per heavy atom. The molecule has 1 unspecified atom stereocenters. The van der Waals surface area contributed by atoms with Gasteiger partial charge in [0.1, 0.15) is 5.49 Å². The molecule has 3 heterocycles. The largest absolute Gasteiger partial charge is 0.354 e. The minimum absolute atomic E-state index is 0.0231. The van der Waals surface area contributed by atoms with Gasteiger partial charge in [0.15, 0.2) is 6.29 Å². The van der Waals surface area contributed by atoms with Gasteiger partial charge >= 0.3 is 0 Å². The fraction of sp³-hybridized carbons (Fsp3) is 0.412. The van der Waals surface area contributed by atoms with E-state index in [9.17, 15) is 4.79 Å². The number of aromatic nitrogens is 1. The minimum atomic E-state index is -0.190. The van der Waals surface area contributed by atoms with Crippen LogP contribution in [0.3, 0.4) is 0 Å². The van der Waals surface area contributed by atoms with E-state index >= 15 is 0 Å². The van der Waals surface area contributed by atoms with Crippen LogP contribution in [-0.2, 0) is 0 Å². The third-order valence-electron chi connectivity index (χ3n) is 3.92. The Bertz CT molecular complexity index is 881. The van der Waals surface area contributed by atoms with Crippen LogP contribution >= 0.6 is 11.3 Å². The van der Waals surface area contributed by atoms with Gasteiger partial charge in [-0.25, -0.2) is 4.99 Å². The first-order chi connectivity index (χ1) is 11.0. The minimum Gasteiger partial charge on any atom is -0.354 e. The summed E-state index contributed by atoms with van der Waals surface area (Å²) in [7, 11) is 0. The van der Waals surface area contributed by atoms with Crippen LogP contribution in [0.5, 0.6) is 0 Å². The number of thiophene rings is 1. The fourth-order valence-corrected chi connectivity index (χ4v) is 3.58. The molecule has 0 aromatic carbocycles. The topological polar surface area (TPSA) is 58.4 Å². The first-order valence-corrected chi connectivity index (χ1v) is 8.79. The first kappa shape index (κ1) is 16.0. The highest BCUT2D eigenvalue weighted by molar-refractivity contribution is 7.13. The average Bonchev–Trinajstić information content (AvgIpc) is 3.00. The number of nitrogens with zero attached hydrogens (tertiary/aromatic N) is 2. The van der Waals surface area contributed by atoms with Gasteiger partial charge < -0.3 is 5.32 Å². The molecule has 122 valence electrons. The summed E-state index contributed by atoms with van der Waals surface area (Å²) >= 11 is 1.59. The van der Waals surface area contributed by atoms with Crippen molar-refractivity contribution in [3.8, 4) is 10.4 Å². The molecule has 2 N–H and O–H groups in total. The predicted molar refractivity (Wildman–Crippen MR) is 94.9 cm³/mol. The molecular weight excluding hydrogens is 308 g/mol. The SMILES string of the molecule is CCNC1N=c2c(cc(-c3cccs3)c(=O)n2C(C)C)=C(C)N1. The molecule has 2 aromatic heterocycles. The van der Waals surface area contributed by atoms with Gasteiger partial charge in [0.2, 0.25) is 0 Å². The lowest BCUT2D eigenvalue weighted by molar-refractivity contribution is 0.461. The summed E-state index contributed by atoms with van der Waals surface area (Å²) in [5.74, 6) is 0. The normalized spacial score (nSPS) is 16.9. The summed E-state index contributed by atoms with van der Waals surface area (Å²) in [5.41, 5.74) is 2.56. The fourth-order valence-electron chi connectivity index (χ4n) is 2.85. The van der Waals surface area contributed by atoms with Crippen LogP contribution in [0.25, 0.3) is 16.1 Å². The molecule has 0 radical (unpaired) electrons. The second-order valence-corrected chi connectivity index (χ2v) is 6.85. The first-order valence-electron chi connectivity index (χ1n) is 7.91. The van der Waals surface area contributed by atoms with Gasteiger partial charge in [-0.3, -0.25) is 14.7 Å². The van der Waals surface area contributed by atoms with E-state index in [-0.39, 0.29) is 17.9 Å². The molecule has 6 heteroatoms. The van der Waals surface area contributed by atoms with Crippen molar-refractivity contribution in [1.82, 2.24) is 15.2 Å². The van der Waals surface area contributed by atoms with Gasteiger partial charge in [0.25, 0.3) is 5.56 Å². The number of hydrogen-bond acceptors (Lipinski definition) is 5. The average molecular weight is 330 g/mol. The zero-order valence-corrected chi connectivity index (χ0v) is 14.7. The van der Waals surface area contributed by atoms with Crippen LogP contribution in [0.4, 0.5) is 0 Å². The van der Waals surface area contributed by atoms with Crippen LogP contribution < -0.4 is 26.9 Å². The summed E-state index contributed by atoms with van der Waals surface area (Å²) in [6.45, 7) is 8.93. The summed E-state index contributed by atoms with van der Waals surface area (Å²) in [4.78, 5) is 18.7. The molecule has 5 nitrogen and oxygen atoms in total. The summed E-state index contributed by atoms with van der Waals surface area (Å²) in [5, 5.41) is 9.62. The molecule has 0 aliphatic carbocycles. The third-order valence-corrected chi connectivity index (χ3v) is 4.82. The van der Waals surface area contributed by atoms with E-state index in [0.717, 1.165) is 33.4 Å². The highest BCUT2D eigenvalue weighted by Gasteiger charge is 2.18. The Labute approximate surface area is 139 Å². The monoisotopic (exact) mass is 330 g/mol. The maximum absolute atomic E-state index is 13.0. The molecule has 3 rings (SSSR count). The van der Waals surface area contributed by atoms with Crippen molar-refractivity contribution in [3.05, 3.63) is 44.6 Å². The number of hydrogen-bond donors (Lipinski definition) is 2. The van der Waals surface area contributed by atoms with Crippen LogP contribution in [0.1, 0.15) is 33.7 Å². The molecule has 23 heavy (non-hydrogen) atoms. The number of pyridine rings is 1. The quantitative estimate of drug-likeness (QED) is 0.891. The van der Waals surface area contributed by atoms with Crippen molar-refractivity contribution in [1.29, 1.82) is 0 Å². The molecule has 0 saturated heterocycles. The lowest BCUT2D eigenvalue weighted by atomic mass is 10.1. The van der Waals surface area contributed by atoms with E-state index < -0.39 is 0 Å². The Morgan fingerprint density at radius 2 is 2.26 bits per heavy atom. The van der Waals surface area contributed by atoms with Crippen LogP contribution in [0.15, 0.2) is 33.4 Å². The molecule has 1 aliphatic heterocycles. The maximum Gasteiger partial charge on any atom is 0.261 e. The van der Waals surface area contributed by atoms with E-state index in [2.05, 4.69) is 10.6 Å². The number of nitrogens with one attached hydrogen (secondary N) is 2. The third kappa shape index (κ3) is 2.84. The molecule has 0 amide bonds. The molecule has 1 aliphatic rings. The lowest BCUT2D eigenvalue weighted by Crippen LogP contribution is -2.54. The molecule has 0 saturated carbocycles. The Balaban J connectivity index is 2.36. The highest BCUT2D eigenvalue weighted by atomic mass is 32.1. The molecule has 0 fully saturated rings. The van der Waals surface area contributed by atoms with Crippen LogP contribution in [0, 0.1) is 0 Å². The van der Waals surface area contributed by atoms with E-state index in [0.29, 0.717) is 0 Å². The van der Waals surface area contributed by atoms with Crippen molar-refractivity contribution in [3.63, 3.8) is 0 Å². The second kappa shape index (κ2) is 6.29. The van der Waals surface area contributed by atoms with Crippen LogP contribution in [-0.4, -0.2) is 17.4 Å². The lowest BCUT2D eigenvalue weighted by Gasteiger charge is -2.23. The van der Waals surface area contributed by atoms with E-state index in [1.165, 1.54) is 0 Å². The highest BCUT2D eigenvalue weighted by Crippen LogP contribution is 2.20. The number of rotatable bonds is 4. The summed E-state index contributed by atoms with van der Waals surface area (Å²) in [6.07, 6.45) is -0.190. The van der Waals surface area contributed by atoms with Crippen molar-refractivity contribution >= 4 is 17.0 Å². The zero-order chi connectivity index (χ0) is 16.6. The summed E-state index contributed by atoms with van der Waals surface area (Å²) < 4.78 is 1.80. The zero-order valence-electron chi connectivity index (χ0n) is 13.9. The van der Waals surface area contributed by atoms with Crippen LogP contribution in [0.2, 0.25) is 0 Å². The Kier molecular flexibility index (Phi) is 4.37. The van der Waals surface area contributed by atoms with Gasteiger partial charge in [-0.2, -0.15) is 0 Å². The second-order valence-electron chi connectivity index (χ2n) is 5.90.